The van der Waals surface area contributed by atoms with Gasteiger partial charge < -0.3 is 19.3 Å². The van der Waals surface area contributed by atoms with E-state index in [1.165, 1.54) is 0 Å². The molecule has 1 atom stereocenters. The Labute approximate surface area is 271 Å². The highest BCUT2D eigenvalue weighted by Crippen LogP contribution is 2.31. The topological polar surface area (TPSA) is 131 Å². The fourth-order valence-electron chi connectivity index (χ4n) is 5.78. The van der Waals surface area contributed by atoms with Crippen LogP contribution in [-0.2, 0) is 22.7 Å². The predicted octanol–water partition coefficient (Wildman–Crippen LogP) is 5.06. The van der Waals surface area contributed by atoms with E-state index in [1.54, 1.807) is 12.3 Å². The van der Waals surface area contributed by atoms with E-state index in [0.29, 0.717) is 39.7 Å². The van der Waals surface area contributed by atoms with Gasteiger partial charge in [0.25, 0.3) is 0 Å². The van der Waals surface area contributed by atoms with Gasteiger partial charge in [-0.25, -0.2) is 9.97 Å². The molecule has 0 saturated carbocycles. The molecule has 44 heavy (non-hydrogen) atoms. The van der Waals surface area contributed by atoms with Crippen LogP contribution in [0.25, 0.3) is 11.3 Å². The number of carboxylic acid groups (broad SMARTS) is 1. The number of likely N-dealkylation sites (tertiary alicyclic amines) is 1. The Bertz CT molecular complexity index is 1380. The lowest BCUT2D eigenvalue weighted by Gasteiger charge is -2.35. The third-order valence-corrected chi connectivity index (χ3v) is 9.18. The molecule has 13 heteroatoms. The number of nitrogens with zero attached hydrogens (tertiary/aromatic N) is 5. The Morgan fingerprint density at radius 1 is 1.02 bits per heavy atom. The molecule has 2 saturated heterocycles. The number of hydrogen-bond donors (Lipinski definition) is 2. The molecular weight excluding hydrogens is 623 g/mol. The molecule has 4 heterocycles. The van der Waals surface area contributed by atoms with E-state index in [0.717, 1.165) is 82.0 Å². The van der Waals surface area contributed by atoms with Gasteiger partial charge in [0.1, 0.15) is 17.3 Å². The number of ether oxygens (including phenoxy) is 1. The molecule has 2 aliphatic rings. The molecule has 0 amide bonds. The number of carboxylic acids is 1. The van der Waals surface area contributed by atoms with Crippen LogP contribution in [0.4, 0.5) is 5.82 Å². The number of aliphatic carboxylic acids is 1. The number of anilines is 1. The lowest BCUT2D eigenvalue weighted by Crippen LogP contribution is -2.47. The minimum Gasteiger partial charge on any atom is -0.598 e. The minimum absolute atomic E-state index is 0.220. The lowest BCUT2D eigenvalue weighted by molar-refractivity contribution is -0.138. The summed E-state index contributed by atoms with van der Waals surface area (Å²) in [5, 5.41) is 15.6. The van der Waals surface area contributed by atoms with E-state index < -0.39 is 17.3 Å². The van der Waals surface area contributed by atoms with E-state index in [2.05, 4.69) is 19.7 Å². The maximum absolute atomic E-state index is 11.1. The number of aromatic nitrogens is 2. The summed E-state index contributed by atoms with van der Waals surface area (Å²) in [5.74, 6) is 1.93. The number of halogens is 2. The lowest BCUT2D eigenvalue weighted by atomic mass is 9.93. The van der Waals surface area contributed by atoms with Crippen LogP contribution in [0.3, 0.4) is 0 Å². The predicted molar refractivity (Wildman–Crippen MR) is 175 cm³/mol. The molecule has 2 aromatic heterocycles. The molecule has 0 spiro atoms. The highest BCUT2D eigenvalue weighted by molar-refractivity contribution is 7.89. The van der Waals surface area contributed by atoms with Crippen LogP contribution in [0.15, 0.2) is 48.7 Å². The van der Waals surface area contributed by atoms with Crippen molar-refractivity contribution in [2.24, 2.45) is 11.1 Å². The van der Waals surface area contributed by atoms with Crippen molar-refractivity contribution in [2.75, 3.05) is 56.5 Å². The maximum Gasteiger partial charge on any atom is 0.303 e. The second-order valence-electron chi connectivity index (χ2n) is 11.4. The zero-order chi connectivity index (χ0) is 31.1. The Balaban J connectivity index is 1.26. The van der Waals surface area contributed by atoms with E-state index in [-0.39, 0.29) is 12.3 Å². The Hall–Kier alpha value is -2.64. The van der Waals surface area contributed by atoms with Gasteiger partial charge in [-0.15, -0.1) is 0 Å². The first kappa shape index (κ1) is 32.7. The van der Waals surface area contributed by atoms with Crippen molar-refractivity contribution in [3.8, 4) is 22.9 Å². The summed E-state index contributed by atoms with van der Waals surface area (Å²) in [6, 6.07) is 13.2. The number of nitrogens with two attached hydrogens (primary N) is 1. The fourth-order valence-corrected chi connectivity index (χ4v) is 6.72. The number of carbonyl (C=O) groups is 1. The summed E-state index contributed by atoms with van der Waals surface area (Å²) in [5.41, 5.74) is 2.51. The van der Waals surface area contributed by atoms with Gasteiger partial charge in [0.05, 0.1) is 11.9 Å². The largest absolute Gasteiger partial charge is 0.598 e. The second kappa shape index (κ2) is 15.6. The third-order valence-electron chi connectivity index (χ3n) is 8.06. The highest BCUT2D eigenvalue weighted by Gasteiger charge is 2.22. The summed E-state index contributed by atoms with van der Waals surface area (Å²) >= 11 is 11.4. The number of hydrogen-bond acceptors (Lipinski definition) is 9. The first-order valence-electron chi connectivity index (χ1n) is 14.9. The molecule has 2 fully saturated rings. The molecule has 236 valence electrons. The zero-order valence-electron chi connectivity index (χ0n) is 24.5. The van der Waals surface area contributed by atoms with Crippen LogP contribution in [-0.4, -0.2) is 87.0 Å². The molecule has 3 N–H and O–H groups in total. The molecule has 1 aromatic carbocycles. The first-order valence-corrected chi connectivity index (χ1v) is 17.0. The molecule has 3 aromatic rings. The van der Waals surface area contributed by atoms with Gasteiger partial charge in [0.2, 0.25) is 5.88 Å². The van der Waals surface area contributed by atoms with Crippen LogP contribution in [0.1, 0.15) is 31.2 Å². The average molecular weight is 662 g/mol. The molecule has 2 aliphatic heterocycles. The van der Waals surface area contributed by atoms with Crippen molar-refractivity contribution < 1.29 is 19.2 Å². The van der Waals surface area contributed by atoms with E-state index in [9.17, 15) is 9.35 Å². The van der Waals surface area contributed by atoms with Crippen molar-refractivity contribution in [3.63, 3.8) is 0 Å². The summed E-state index contributed by atoms with van der Waals surface area (Å²) in [7, 11) is 0. The highest BCUT2D eigenvalue weighted by atomic mass is 35.5. The Kier molecular flexibility index (Phi) is 11.6. The molecular formula is C31H38Cl2N6O4S. The van der Waals surface area contributed by atoms with E-state index in [1.807, 2.05) is 36.4 Å². The van der Waals surface area contributed by atoms with Crippen LogP contribution in [0.5, 0.6) is 11.6 Å². The minimum atomic E-state index is -1.24. The van der Waals surface area contributed by atoms with Crippen molar-refractivity contribution >= 4 is 46.4 Å². The summed E-state index contributed by atoms with van der Waals surface area (Å²) in [6.45, 7) is 6.82. The van der Waals surface area contributed by atoms with Gasteiger partial charge in [-0.2, -0.15) is 5.14 Å². The van der Waals surface area contributed by atoms with Crippen LogP contribution >= 0.6 is 23.2 Å². The van der Waals surface area contributed by atoms with Gasteiger partial charge in [0, 0.05) is 85.1 Å². The normalized spacial score (nSPS) is 17.5. The maximum atomic E-state index is 11.1. The number of rotatable bonds is 12. The van der Waals surface area contributed by atoms with Crippen LogP contribution < -0.4 is 14.8 Å². The summed E-state index contributed by atoms with van der Waals surface area (Å²) in [6.07, 6.45) is 4.50. The molecule has 1 unspecified atom stereocenters. The van der Waals surface area contributed by atoms with E-state index in [4.69, 9.17) is 43.2 Å². The molecule has 0 aliphatic carbocycles. The molecule has 0 bridgehead atoms. The van der Waals surface area contributed by atoms with Gasteiger partial charge in [-0.3, -0.25) is 14.6 Å². The van der Waals surface area contributed by atoms with Gasteiger partial charge in [0.15, 0.2) is 0 Å². The fraction of sp³-hybridized carbons (Fsp3) is 0.452. The molecule has 10 nitrogen and oxygen atoms in total. The van der Waals surface area contributed by atoms with Crippen molar-refractivity contribution in [3.05, 3.63) is 64.3 Å². The van der Waals surface area contributed by atoms with Crippen molar-refractivity contribution in [2.45, 2.75) is 32.2 Å². The number of benzene rings is 1. The smallest absolute Gasteiger partial charge is 0.303 e. The Morgan fingerprint density at radius 3 is 2.39 bits per heavy atom. The Morgan fingerprint density at radius 2 is 1.75 bits per heavy atom. The third kappa shape index (κ3) is 9.68. The summed E-state index contributed by atoms with van der Waals surface area (Å²) < 4.78 is 17.3. The second-order valence-corrected chi connectivity index (χ2v) is 13.4. The van der Waals surface area contributed by atoms with Crippen molar-refractivity contribution in [1.82, 2.24) is 19.8 Å². The van der Waals surface area contributed by atoms with Gasteiger partial charge >= 0.3 is 5.97 Å². The number of pyridine rings is 2. The monoisotopic (exact) mass is 660 g/mol. The molecule has 5 rings (SSSR count). The standard InChI is InChI=1S/C31H38Cl2N6O4S/c32-25-17-24(18-26(33)19-25)28-14-23(21-38-7-4-22(5-8-38)16-31(40)41)15-30(36-28)43-27-2-3-29(35-20-27)39-11-9-37(10-12-39)6-1-13-44(34)42/h2-3,14-15,17-20,22H,1,4-13,16,21,34H2,(H,40,41). The van der Waals surface area contributed by atoms with Crippen LogP contribution in [0, 0.1) is 5.92 Å². The van der Waals surface area contributed by atoms with Crippen molar-refractivity contribution in [1.29, 1.82) is 0 Å². The zero-order valence-corrected chi connectivity index (χ0v) is 26.9. The average Bonchev–Trinajstić information content (AvgIpc) is 2.98. The first-order chi connectivity index (χ1) is 21.2. The SMILES string of the molecule is N[S+]([O-])CCCN1CCN(c2ccc(Oc3cc(CN4CCC(CC(=O)O)CC4)cc(-c4cc(Cl)cc(Cl)c4)n3)cn2)CC1. The summed E-state index contributed by atoms with van der Waals surface area (Å²) in [4.78, 5) is 27.5. The quantitative estimate of drug-likeness (QED) is 0.254. The molecule has 0 radical (unpaired) electrons. The number of piperidine rings is 1. The van der Waals surface area contributed by atoms with E-state index >= 15 is 0 Å². The number of piperazine rings is 1. The van der Waals surface area contributed by atoms with Gasteiger partial charge in [-0.1, -0.05) is 23.2 Å². The van der Waals surface area contributed by atoms with Gasteiger partial charge in [-0.05, 0) is 73.8 Å². The van der Waals surface area contributed by atoms with Crippen LogP contribution in [0.2, 0.25) is 10.0 Å².